The zero-order valence-electron chi connectivity index (χ0n) is 28.5. The summed E-state index contributed by atoms with van der Waals surface area (Å²) in [6, 6.07) is -6.26. The van der Waals surface area contributed by atoms with E-state index in [1.54, 1.807) is 6.92 Å². The van der Waals surface area contributed by atoms with Gasteiger partial charge in [-0.2, -0.15) is 0 Å². The van der Waals surface area contributed by atoms with E-state index in [0.29, 0.717) is 25.2 Å². The van der Waals surface area contributed by atoms with Gasteiger partial charge in [-0.25, -0.2) is 0 Å². The highest BCUT2D eigenvalue weighted by atomic mass is 16.3. The molecule has 0 heterocycles. The Morgan fingerprint density at radius 1 is 0.681 bits per heavy atom. The Morgan fingerprint density at radius 3 is 1.68 bits per heavy atom. The van der Waals surface area contributed by atoms with Crippen LogP contribution in [0.25, 0.3) is 0 Å². The maximum Gasteiger partial charge on any atom is 0.245 e. The number of aliphatic imine (C=N–C) groups is 1. The Hall–Kier alpha value is -3.99. The summed E-state index contributed by atoms with van der Waals surface area (Å²) in [5, 5.41) is 32.1. The number of carbonyl (C=O) groups excluding carboxylic acids is 6. The first-order chi connectivity index (χ1) is 21.9. The van der Waals surface area contributed by atoms with Crippen molar-refractivity contribution in [2.45, 2.75) is 123 Å². The maximum absolute atomic E-state index is 13.6. The smallest absolute Gasteiger partial charge is 0.245 e. The monoisotopic (exact) mass is 671 g/mol. The molecule has 0 spiro atoms. The molecule has 0 aromatic heterocycles. The van der Waals surface area contributed by atoms with E-state index in [1.807, 2.05) is 27.7 Å². The molecular formula is C30H57N9O8. The first-order valence-electron chi connectivity index (χ1n) is 16.1. The number of rotatable bonds is 23. The molecular weight excluding hydrogens is 614 g/mol. The molecule has 0 aliphatic rings. The van der Waals surface area contributed by atoms with Crippen LogP contribution in [0.1, 0.15) is 86.5 Å². The van der Waals surface area contributed by atoms with Crippen molar-refractivity contribution in [3.8, 4) is 0 Å². The second-order valence-corrected chi connectivity index (χ2v) is 12.4. The minimum absolute atomic E-state index is 0.0395. The number of hydrogen-bond acceptors (Lipinski definition) is 9. The number of nitrogens with two attached hydrogens (primary N) is 3. The molecule has 0 saturated carbocycles. The van der Waals surface area contributed by atoms with Gasteiger partial charge < -0.3 is 54.0 Å². The zero-order chi connectivity index (χ0) is 36.3. The molecule has 47 heavy (non-hydrogen) atoms. The number of primary amides is 1. The lowest BCUT2D eigenvalue weighted by molar-refractivity contribution is -0.136. The summed E-state index contributed by atoms with van der Waals surface area (Å²) in [4.78, 5) is 80.9. The van der Waals surface area contributed by atoms with E-state index in [2.05, 4.69) is 31.6 Å². The summed E-state index contributed by atoms with van der Waals surface area (Å²) in [5.41, 5.74) is 15.9. The van der Waals surface area contributed by atoms with Gasteiger partial charge in [0.05, 0.1) is 12.7 Å². The lowest BCUT2D eigenvalue weighted by Crippen LogP contribution is -2.61. The van der Waals surface area contributed by atoms with Crippen LogP contribution in [0.3, 0.4) is 0 Å². The molecule has 0 bridgehead atoms. The Kier molecular flexibility index (Phi) is 20.6. The van der Waals surface area contributed by atoms with Gasteiger partial charge in [-0.3, -0.25) is 33.8 Å². The molecule has 6 atom stereocenters. The summed E-state index contributed by atoms with van der Waals surface area (Å²) in [7, 11) is 0. The second-order valence-electron chi connectivity index (χ2n) is 12.4. The molecule has 0 radical (unpaired) electrons. The molecule has 0 aromatic carbocycles. The van der Waals surface area contributed by atoms with E-state index in [9.17, 15) is 39.0 Å². The van der Waals surface area contributed by atoms with E-state index in [-0.39, 0.29) is 50.0 Å². The third-order valence-electron chi connectivity index (χ3n) is 7.00. The third-order valence-corrected chi connectivity index (χ3v) is 7.00. The average molecular weight is 672 g/mol. The Labute approximate surface area is 277 Å². The van der Waals surface area contributed by atoms with Gasteiger partial charge in [-0.1, -0.05) is 41.0 Å². The van der Waals surface area contributed by atoms with Crippen molar-refractivity contribution in [3.63, 3.8) is 0 Å². The van der Waals surface area contributed by atoms with Crippen molar-refractivity contribution in [2.75, 3.05) is 13.2 Å². The van der Waals surface area contributed by atoms with Crippen LogP contribution in [0.5, 0.6) is 0 Å². The van der Waals surface area contributed by atoms with Gasteiger partial charge in [0.1, 0.15) is 30.2 Å². The van der Waals surface area contributed by atoms with Crippen LogP contribution in [0.4, 0.5) is 0 Å². The van der Waals surface area contributed by atoms with Gasteiger partial charge >= 0.3 is 0 Å². The number of aliphatic hydroxyl groups excluding tert-OH is 2. The first-order valence-corrected chi connectivity index (χ1v) is 16.1. The highest BCUT2D eigenvalue weighted by Crippen LogP contribution is 2.10. The van der Waals surface area contributed by atoms with Gasteiger partial charge in [0, 0.05) is 13.0 Å². The van der Waals surface area contributed by atoms with Gasteiger partial charge in [0.2, 0.25) is 35.4 Å². The van der Waals surface area contributed by atoms with Crippen LogP contribution in [-0.4, -0.2) is 101 Å². The van der Waals surface area contributed by atoms with Gasteiger partial charge in [0.15, 0.2) is 5.96 Å². The molecule has 17 heteroatoms. The first kappa shape index (κ1) is 43.0. The number of carbonyl (C=O) groups is 6. The Balaban J connectivity index is 6.01. The molecule has 0 aliphatic carbocycles. The summed E-state index contributed by atoms with van der Waals surface area (Å²) in [6.07, 6.45) is 0.694. The van der Waals surface area contributed by atoms with Crippen molar-refractivity contribution in [3.05, 3.63) is 0 Å². The fourth-order valence-corrected chi connectivity index (χ4v) is 4.39. The highest BCUT2D eigenvalue weighted by Gasteiger charge is 2.33. The van der Waals surface area contributed by atoms with Crippen LogP contribution in [0.2, 0.25) is 0 Å². The van der Waals surface area contributed by atoms with E-state index in [1.165, 1.54) is 6.92 Å². The average Bonchev–Trinajstić information content (AvgIpc) is 2.97. The van der Waals surface area contributed by atoms with E-state index < -0.39 is 72.5 Å². The minimum atomic E-state index is -1.56. The quantitative estimate of drug-likeness (QED) is 0.0312. The van der Waals surface area contributed by atoms with Crippen LogP contribution in [-0.2, 0) is 28.8 Å². The molecule has 4 unspecified atom stereocenters. The van der Waals surface area contributed by atoms with Crippen LogP contribution >= 0.6 is 0 Å². The molecule has 0 aliphatic heterocycles. The number of aliphatic hydroxyl groups is 2. The molecule has 270 valence electrons. The normalized spacial score (nSPS) is 14.9. The maximum atomic E-state index is 13.6. The van der Waals surface area contributed by atoms with Crippen molar-refractivity contribution < 1.29 is 39.0 Å². The fraction of sp³-hybridized carbons (Fsp3) is 0.767. The fourth-order valence-electron chi connectivity index (χ4n) is 4.39. The molecule has 13 N–H and O–H groups in total. The lowest BCUT2D eigenvalue weighted by atomic mass is 10.0. The Morgan fingerprint density at radius 2 is 1.21 bits per heavy atom. The van der Waals surface area contributed by atoms with E-state index >= 15 is 0 Å². The van der Waals surface area contributed by atoms with Crippen molar-refractivity contribution in [1.82, 2.24) is 26.6 Å². The van der Waals surface area contributed by atoms with Gasteiger partial charge in [-0.05, 0) is 50.9 Å². The molecule has 6 amide bonds. The van der Waals surface area contributed by atoms with E-state index in [0.717, 1.165) is 0 Å². The number of nitrogens with one attached hydrogen (secondary N) is 5. The summed E-state index contributed by atoms with van der Waals surface area (Å²) >= 11 is 0. The molecule has 0 aromatic rings. The second kappa shape index (κ2) is 22.5. The number of guanidine groups is 1. The number of amides is 6. The zero-order valence-corrected chi connectivity index (χ0v) is 28.5. The van der Waals surface area contributed by atoms with Crippen LogP contribution < -0.4 is 43.8 Å². The summed E-state index contributed by atoms with van der Waals surface area (Å²) < 4.78 is 0. The standard InChI is InChI=1S/C30H57N9O8/c1-7-9-19(27(45)39-24(18(6)41)29(47)38-22(15-40)25(31)43)36-26(44)20(10-8-13-34-30(32)33)37-28(46)21(14-17(4)5)35-23(42)12-11-16(2)3/h16-22,24,40-41H,7-15H2,1-6H3,(H2,31,43)(H,35,42)(H,36,44)(H,37,46)(H,38,47)(H,39,45)(H4,32,33,34)/t18?,19?,20?,21?,22-,24+/m1/s1. The SMILES string of the molecule is CCCC(NC(=O)C(CCCN=C(N)N)NC(=O)C(CC(C)C)NC(=O)CCC(C)C)C(=O)N[C@H](C(=O)N[C@H](CO)C(N)=O)C(C)O. The van der Waals surface area contributed by atoms with Crippen molar-refractivity contribution in [1.29, 1.82) is 0 Å². The number of hydrogen-bond donors (Lipinski definition) is 10. The topological polar surface area (TPSA) is 293 Å². The predicted molar refractivity (Wildman–Crippen MR) is 176 cm³/mol. The summed E-state index contributed by atoms with van der Waals surface area (Å²) in [6.45, 7) is 10.1. The minimum Gasteiger partial charge on any atom is -0.394 e. The van der Waals surface area contributed by atoms with E-state index in [4.69, 9.17) is 17.2 Å². The van der Waals surface area contributed by atoms with Crippen molar-refractivity contribution >= 4 is 41.4 Å². The van der Waals surface area contributed by atoms with Gasteiger partial charge in [0.25, 0.3) is 0 Å². The Bertz CT molecular complexity index is 1060. The van der Waals surface area contributed by atoms with Gasteiger partial charge in [-0.15, -0.1) is 0 Å². The molecule has 0 fully saturated rings. The van der Waals surface area contributed by atoms with Crippen molar-refractivity contribution in [2.24, 2.45) is 34.0 Å². The van der Waals surface area contributed by atoms with Crippen LogP contribution in [0.15, 0.2) is 4.99 Å². The predicted octanol–water partition coefficient (Wildman–Crippen LogP) is -2.40. The number of nitrogens with zero attached hydrogens (tertiary/aromatic N) is 1. The third kappa shape index (κ3) is 18.1. The summed E-state index contributed by atoms with van der Waals surface area (Å²) in [5.74, 6) is -4.20. The molecule has 17 nitrogen and oxygen atoms in total. The molecule has 0 saturated heterocycles. The molecule has 0 rings (SSSR count). The lowest BCUT2D eigenvalue weighted by Gasteiger charge is -2.28. The van der Waals surface area contributed by atoms with Crippen LogP contribution in [0, 0.1) is 11.8 Å². The highest BCUT2D eigenvalue weighted by molar-refractivity contribution is 5.96. The largest absolute Gasteiger partial charge is 0.394 e.